The molecule has 0 aliphatic rings. The Labute approximate surface area is 223 Å². The summed E-state index contributed by atoms with van der Waals surface area (Å²) in [6, 6.07) is 18.7. The van der Waals surface area contributed by atoms with Crippen LogP contribution < -0.4 is 9.47 Å². The van der Waals surface area contributed by atoms with Crippen LogP contribution in [0.5, 0.6) is 11.5 Å². The molecule has 3 aromatic heterocycles. The van der Waals surface area contributed by atoms with E-state index < -0.39 is 18.5 Å². The molecule has 6 rings (SSSR count). The molecule has 6 aromatic rings. The van der Waals surface area contributed by atoms with Gasteiger partial charge in [0.15, 0.2) is 18.1 Å². The number of thiophene rings is 1. The van der Waals surface area contributed by atoms with Gasteiger partial charge >= 0.3 is 11.9 Å². The van der Waals surface area contributed by atoms with E-state index in [-0.39, 0.29) is 11.4 Å². The van der Waals surface area contributed by atoms with Crippen molar-refractivity contribution in [1.82, 2.24) is 13.3 Å². The van der Waals surface area contributed by atoms with Crippen LogP contribution in [0, 0.1) is 0 Å². The van der Waals surface area contributed by atoms with E-state index in [2.05, 4.69) is 8.75 Å². The van der Waals surface area contributed by atoms with Crippen molar-refractivity contribution in [3.05, 3.63) is 71.9 Å². The number of nitrogens with zero attached hydrogens (tertiary/aromatic N) is 3. The number of carbonyl (C=O) groups is 2. The van der Waals surface area contributed by atoms with Crippen molar-refractivity contribution in [2.45, 2.75) is 6.54 Å². The summed E-state index contributed by atoms with van der Waals surface area (Å²) < 4.78 is 23.1. The zero-order chi connectivity index (χ0) is 26.4. The van der Waals surface area contributed by atoms with Gasteiger partial charge in [-0.2, -0.15) is 8.75 Å². The van der Waals surface area contributed by atoms with Crippen molar-refractivity contribution < 1.29 is 29.3 Å². The molecule has 0 amide bonds. The van der Waals surface area contributed by atoms with Crippen molar-refractivity contribution >= 4 is 66.3 Å². The van der Waals surface area contributed by atoms with E-state index in [0.29, 0.717) is 23.4 Å². The van der Waals surface area contributed by atoms with Crippen molar-refractivity contribution in [3.63, 3.8) is 0 Å². The molecule has 0 atom stereocenters. The third-order valence-corrected chi connectivity index (χ3v) is 7.97. The Bertz CT molecular complexity index is 1870. The second-order valence-corrected chi connectivity index (χ2v) is 10.1. The van der Waals surface area contributed by atoms with Gasteiger partial charge in [0.05, 0.1) is 29.1 Å². The molecule has 0 fully saturated rings. The molecule has 190 valence electrons. The molecule has 3 aromatic carbocycles. The monoisotopic (exact) mass is 545 g/mol. The smallest absolute Gasteiger partial charge is 0.353 e. The number of aromatic carboxylic acids is 1. The number of fused-ring (bicyclic) bond motifs is 4. The Hall–Kier alpha value is -4.48. The van der Waals surface area contributed by atoms with Crippen LogP contribution in [-0.2, 0) is 11.3 Å². The average molecular weight is 546 g/mol. The first-order valence-electron chi connectivity index (χ1n) is 11.5. The average Bonchev–Trinajstić information content (AvgIpc) is 3.60. The van der Waals surface area contributed by atoms with Crippen molar-refractivity contribution in [2.75, 3.05) is 13.7 Å². The lowest BCUT2D eigenvalue weighted by Gasteiger charge is -2.13. The maximum absolute atomic E-state index is 12.8. The zero-order valence-electron chi connectivity index (χ0n) is 19.9. The minimum Gasteiger partial charge on any atom is -0.493 e. The van der Waals surface area contributed by atoms with Crippen LogP contribution >= 0.6 is 23.1 Å². The summed E-state index contributed by atoms with van der Waals surface area (Å²) in [5.41, 5.74) is 4.51. The summed E-state index contributed by atoms with van der Waals surface area (Å²) in [4.78, 5) is 24.0. The largest absolute Gasteiger partial charge is 0.493 e. The highest BCUT2D eigenvalue weighted by molar-refractivity contribution is 7.26. The molecule has 0 saturated heterocycles. The molecule has 0 aliphatic carbocycles. The number of carboxylic acid groups (broad SMARTS) is 2. The summed E-state index contributed by atoms with van der Waals surface area (Å²) in [6.45, 7) is -0.246. The first kappa shape index (κ1) is 23.9. The molecule has 38 heavy (non-hydrogen) atoms. The van der Waals surface area contributed by atoms with Crippen LogP contribution in [0.4, 0.5) is 0 Å². The van der Waals surface area contributed by atoms with Crippen molar-refractivity contribution in [1.29, 1.82) is 0 Å². The third kappa shape index (κ3) is 4.01. The predicted octanol–water partition coefficient (Wildman–Crippen LogP) is 5.75. The molecule has 0 saturated carbocycles. The highest BCUT2D eigenvalue weighted by Gasteiger charge is 2.27. The minimum absolute atomic E-state index is 0.128. The van der Waals surface area contributed by atoms with Gasteiger partial charge < -0.3 is 24.3 Å². The van der Waals surface area contributed by atoms with Gasteiger partial charge in [-0.25, -0.2) is 9.59 Å². The van der Waals surface area contributed by atoms with Crippen molar-refractivity contribution in [2.24, 2.45) is 0 Å². The molecule has 11 heteroatoms. The number of rotatable bonds is 8. The fourth-order valence-electron chi connectivity index (χ4n) is 4.67. The number of aromatic nitrogens is 3. The number of carboxylic acids is 2. The molecule has 2 N–H and O–H groups in total. The summed E-state index contributed by atoms with van der Waals surface area (Å²) in [7, 11) is 1.46. The van der Waals surface area contributed by atoms with E-state index in [1.54, 1.807) is 18.2 Å². The lowest BCUT2D eigenvalue weighted by molar-refractivity contribution is -0.139. The number of methoxy groups -OCH3 is 1. The van der Waals surface area contributed by atoms with Gasteiger partial charge in [-0.1, -0.05) is 30.3 Å². The minimum atomic E-state index is -1.13. The number of aliphatic carboxylic acids is 1. The molecule has 0 radical (unpaired) electrons. The van der Waals surface area contributed by atoms with Gasteiger partial charge in [-0.3, -0.25) is 0 Å². The van der Waals surface area contributed by atoms with Gasteiger partial charge in [0.2, 0.25) is 0 Å². The Morgan fingerprint density at radius 1 is 0.974 bits per heavy atom. The van der Waals surface area contributed by atoms with Crippen LogP contribution in [0.1, 0.15) is 16.1 Å². The fourth-order valence-corrected chi connectivity index (χ4v) is 6.46. The molecule has 0 unspecified atom stereocenters. The maximum atomic E-state index is 12.8. The lowest BCUT2D eigenvalue weighted by Crippen LogP contribution is -2.11. The number of ether oxygens (including phenoxy) is 2. The normalized spacial score (nSPS) is 11.4. The first-order chi connectivity index (χ1) is 18.4. The predicted molar refractivity (Wildman–Crippen MR) is 146 cm³/mol. The summed E-state index contributed by atoms with van der Waals surface area (Å²) in [6.07, 6.45) is 0. The van der Waals surface area contributed by atoms with E-state index in [9.17, 15) is 14.7 Å². The summed E-state index contributed by atoms with van der Waals surface area (Å²) >= 11 is 2.65. The number of hydrogen-bond acceptors (Lipinski definition) is 8. The molecule has 0 spiro atoms. The maximum Gasteiger partial charge on any atom is 0.353 e. The molecular formula is C27H19N3O6S2. The molecular weight excluding hydrogens is 526 g/mol. The van der Waals surface area contributed by atoms with Crippen LogP contribution in [0.2, 0.25) is 0 Å². The summed E-state index contributed by atoms with van der Waals surface area (Å²) in [5, 5.41) is 20.6. The second-order valence-electron chi connectivity index (χ2n) is 8.53. The highest BCUT2D eigenvalue weighted by Crippen LogP contribution is 2.46. The van der Waals surface area contributed by atoms with Gasteiger partial charge in [-0.05, 0) is 41.5 Å². The zero-order valence-corrected chi connectivity index (χ0v) is 21.5. The van der Waals surface area contributed by atoms with Crippen LogP contribution in [0.25, 0.3) is 42.5 Å². The number of hydrogen-bond donors (Lipinski definition) is 2. The Balaban J connectivity index is 1.61. The van der Waals surface area contributed by atoms with Gasteiger partial charge in [0, 0.05) is 22.2 Å². The van der Waals surface area contributed by atoms with Gasteiger partial charge in [-0.15, -0.1) is 11.3 Å². The molecule has 0 aliphatic heterocycles. The van der Waals surface area contributed by atoms with Gasteiger partial charge in [0.1, 0.15) is 16.7 Å². The third-order valence-electron chi connectivity index (χ3n) is 6.24. The van der Waals surface area contributed by atoms with Crippen LogP contribution in [0.15, 0.2) is 60.7 Å². The highest BCUT2D eigenvalue weighted by atomic mass is 32.1. The Morgan fingerprint density at radius 2 is 1.79 bits per heavy atom. The molecule has 0 bridgehead atoms. The fraction of sp³-hybridized carbons (Fsp3) is 0.111. The quantitative estimate of drug-likeness (QED) is 0.248. The number of benzene rings is 3. The van der Waals surface area contributed by atoms with E-state index in [0.717, 1.165) is 48.6 Å². The standard InChI is InChI=1S/C27H19N3O6S2/c1-35-19-9-7-15(11-20(19)36-13-22(31)32)23-25(27(33)34)30(12-14-6-8-17-18(10-14)29-38-28-17)24-16-4-2-3-5-21(16)37-26(23)24/h2-11H,12-13H2,1H3,(H,31,32)(H,33,34). The SMILES string of the molecule is COc1ccc(-c2c(C(=O)O)n(Cc3ccc4nsnc4c3)c3c2sc2ccccc23)cc1OCC(=O)O. The van der Waals surface area contributed by atoms with Crippen LogP contribution in [-0.4, -0.2) is 49.2 Å². The first-order valence-corrected chi connectivity index (χ1v) is 13.0. The van der Waals surface area contributed by atoms with E-state index in [1.807, 2.05) is 47.0 Å². The Morgan fingerprint density at radius 3 is 2.58 bits per heavy atom. The van der Waals surface area contributed by atoms with E-state index >= 15 is 0 Å². The van der Waals surface area contributed by atoms with E-state index in [4.69, 9.17) is 14.6 Å². The molecule has 9 nitrogen and oxygen atoms in total. The Kier molecular flexibility index (Phi) is 5.93. The molecule has 3 heterocycles. The lowest BCUT2D eigenvalue weighted by atomic mass is 10.0. The van der Waals surface area contributed by atoms with Crippen LogP contribution in [0.3, 0.4) is 0 Å². The van der Waals surface area contributed by atoms with Crippen molar-refractivity contribution in [3.8, 4) is 22.6 Å². The second kappa shape index (κ2) is 9.43. The summed E-state index contributed by atoms with van der Waals surface area (Å²) in [5.74, 6) is -1.64. The topological polar surface area (TPSA) is 124 Å². The van der Waals surface area contributed by atoms with Gasteiger partial charge in [0.25, 0.3) is 0 Å². The van der Waals surface area contributed by atoms with E-state index in [1.165, 1.54) is 18.4 Å².